The van der Waals surface area contributed by atoms with Crippen LogP contribution in [0.5, 0.6) is 0 Å². The second kappa shape index (κ2) is 6.06. The molecular weight excluding hydrogens is 294 g/mol. The molecule has 0 bridgehead atoms. The lowest BCUT2D eigenvalue weighted by Crippen LogP contribution is -2.26. The van der Waals surface area contributed by atoms with Crippen molar-refractivity contribution < 1.29 is 0 Å². The fourth-order valence-corrected chi connectivity index (χ4v) is 3.57. The van der Waals surface area contributed by atoms with Gasteiger partial charge in [0.1, 0.15) is 5.82 Å². The molecule has 0 amide bonds. The number of nitrogens with one attached hydrogen (secondary N) is 1. The van der Waals surface area contributed by atoms with E-state index in [4.69, 9.17) is 0 Å². The topological polar surface area (TPSA) is 45.5 Å². The van der Waals surface area contributed by atoms with Crippen LogP contribution in [-0.4, -0.2) is 45.7 Å². The highest BCUT2D eigenvalue weighted by Crippen LogP contribution is 2.23. The van der Waals surface area contributed by atoms with Gasteiger partial charge in [-0.2, -0.15) is 11.3 Å². The predicted molar refractivity (Wildman–Crippen MR) is 90.5 cm³/mol. The Labute approximate surface area is 133 Å². The number of fused-ring (bicyclic) bond motifs is 1. The molecule has 1 N–H and O–H groups in total. The molecule has 1 saturated heterocycles. The maximum Gasteiger partial charge on any atom is 0.154 e. The lowest BCUT2D eigenvalue weighted by atomic mass is 10.3. The molecule has 4 heterocycles. The van der Waals surface area contributed by atoms with E-state index in [1.54, 1.807) is 11.3 Å². The van der Waals surface area contributed by atoms with Gasteiger partial charge in [0.05, 0.1) is 11.9 Å². The van der Waals surface area contributed by atoms with Crippen LogP contribution in [0.25, 0.3) is 16.9 Å². The summed E-state index contributed by atoms with van der Waals surface area (Å²) in [7, 11) is 0. The van der Waals surface area contributed by atoms with Gasteiger partial charge in [0, 0.05) is 24.0 Å². The zero-order chi connectivity index (χ0) is 14.8. The van der Waals surface area contributed by atoms with Crippen LogP contribution in [0.1, 0.15) is 12.8 Å². The Kier molecular flexibility index (Phi) is 3.78. The molecule has 0 aliphatic carbocycles. The lowest BCUT2D eigenvalue weighted by Gasteiger charge is -2.15. The Bertz CT molecular complexity index is 743. The van der Waals surface area contributed by atoms with E-state index in [2.05, 4.69) is 37.1 Å². The summed E-state index contributed by atoms with van der Waals surface area (Å²) in [6.07, 6.45) is 4.56. The molecule has 5 nitrogen and oxygen atoms in total. The Morgan fingerprint density at radius 1 is 1.18 bits per heavy atom. The van der Waals surface area contributed by atoms with Gasteiger partial charge >= 0.3 is 0 Å². The molecule has 0 aromatic carbocycles. The second-order valence-corrected chi connectivity index (χ2v) is 6.40. The molecule has 0 saturated carbocycles. The number of thiophene rings is 1. The van der Waals surface area contributed by atoms with Crippen molar-refractivity contribution in [3.8, 4) is 11.3 Å². The van der Waals surface area contributed by atoms with Crippen molar-refractivity contribution in [2.24, 2.45) is 0 Å². The Morgan fingerprint density at radius 3 is 2.91 bits per heavy atom. The van der Waals surface area contributed by atoms with Crippen molar-refractivity contribution in [1.29, 1.82) is 0 Å². The molecule has 0 spiro atoms. The number of aromatic nitrogens is 3. The molecule has 4 rings (SSSR count). The van der Waals surface area contributed by atoms with Crippen molar-refractivity contribution >= 4 is 22.8 Å². The Hall–Kier alpha value is -1.92. The van der Waals surface area contributed by atoms with Gasteiger partial charge < -0.3 is 10.2 Å². The molecule has 1 aliphatic rings. The summed E-state index contributed by atoms with van der Waals surface area (Å²) >= 11 is 1.69. The molecule has 6 heteroatoms. The molecule has 114 valence electrons. The van der Waals surface area contributed by atoms with Gasteiger partial charge in [-0.25, -0.2) is 9.50 Å². The number of hydrogen-bond acceptors (Lipinski definition) is 5. The first-order valence-corrected chi connectivity index (χ1v) is 8.68. The van der Waals surface area contributed by atoms with Crippen LogP contribution in [0.15, 0.2) is 35.2 Å². The Morgan fingerprint density at radius 2 is 2.09 bits per heavy atom. The molecule has 3 aromatic rings. The van der Waals surface area contributed by atoms with Gasteiger partial charge in [0.25, 0.3) is 0 Å². The van der Waals surface area contributed by atoms with Gasteiger partial charge in [-0.3, -0.25) is 0 Å². The monoisotopic (exact) mass is 313 g/mol. The van der Waals surface area contributed by atoms with Crippen molar-refractivity contribution in [3.05, 3.63) is 35.2 Å². The van der Waals surface area contributed by atoms with Crippen molar-refractivity contribution in [1.82, 2.24) is 19.5 Å². The maximum atomic E-state index is 4.68. The third-order valence-electron chi connectivity index (χ3n) is 4.11. The maximum absolute atomic E-state index is 4.68. The van der Waals surface area contributed by atoms with Gasteiger partial charge in [0.2, 0.25) is 0 Å². The molecule has 0 unspecified atom stereocenters. The number of anilines is 1. The number of imidazole rings is 1. The molecule has 3 aromatic heterocycles. The first kappa shape index (κ1) is 13.7. The first-order valence-electron chi connectivity index (χ1n) is 7.74. The van der Waals surface area contributed by atoms with Crippen LogP contribution < -0.4 is 5.32 Å². The molecule has 0 atom stereocenters. The van der Waals surface area contributed by atoms with Crippen LogP contribution in [0.2, 0.25) is 0 Å². The van der Waals surface area contributed by atoms with Crippen molar-refractivity contribution in [2.75, 3.05) is 31.5 Å². The normalized spacial score (nSPS) is 15.6. The number of hydrogen-bond donors (Lipinski definition) is 1. The number of rotatable bonds is 5. The van der Waals surface area contributed by atoms with Crippen molar-refractivity contribution in [2.45, 2.75) is 12.8 Å². The summed E-state index contributed by atoms with van der Waals surface area (Å²) in [5.41, 5.74) is 3.09. The van der Waals surface area contributed by atoms with Crippen LogP contribution in [0.3, 0.4) is 0 Å². The third kappa shape index (κ3) is 2.71. The van der Waals surface area contributed by atoms with Crippen LogP contribution in [0, 0.1) is 0 Å². The van der Waals surface area contributed by atoms with E-state index in [0.29, 0.717) is 0 Å². The summed E-state index contributed by atoms with van der Waals surface area (Å²) in [6.45, 7) is 4.48. The largest absolute Gasteiger partial charge is 0.367 e. The Balaban J connectivity index is 1.51. The average Bonchev–Trinajstić information content (AvgIpc) is 3.28. The zero-order valence-corrected chi connectivity index (χ0v) is 13.2. The average molecular weight is 313 g/mol. The summed E-state index contributed by atoms with van der Waals surface area (Å²) in [6, 6.07) is 6.12. The zero-order valence-electron chi connectivity index (χ0n) is 12.4. The van der Waals surface area contributed by atoms with E-state index >= 15 is 0 Å². The molecule has 22 heavy (non-hydrogen) atoms. The van der Waals surface area contributed by atoms with Crippen LogP contribution >= 0.6 is 11.3 Å². The highest BCUT2D eigenvalue weighted by atomic mass is 32.1. The summed E-state index contributed by atoms with van der Waals surface area (Å²) in [5.74, 6) is 0.904. The fraction of sp³-hybridized carbons (Fsp3) is 0.375. The minimum Gasteiger partial charge on any atom is -0.367 e. The summed E-state index contributed by atoms with van der Waals surface area (Å²) < 4.78 is 1.92. The minimum atomic E-state index is 0.881. The van der Waals surface area contributed by atoms with Gasteiger partial charge in [-0.05, 0) is 49.5 Å². The highest BCUT2D eigenvalue weighted by Gasteiger charge is 2.11. The van der Waals surface area contributed by atoms with Crippen LogP contribution in [-0.2, 0) is 0 Å². The van der Waals surface area contributed by atoms with Gasteiger partial charge in [0.15, 0.2) is 5.65 Å². The summed E-state index contributed by atoms with van der Waals surface area (Å²) in [4.78, 5) is 6.93. The van der Waals surface area contributed by atoms with Gasteiger partial charge in [-0.1, -0.05) is 0 Å². The molecular formula is C16H19N5S. The van der Waals surface area contributed by atoms with E-state index in [9.17, 15) is 0 Å². The summed E-state index contributed by atoms with van der Waals surface area (Å²) in [5, 5.41) is 12.3. The third-order valence-corrected chi connectivity index (χ3v) is 4.80. The minimum absolute atomic E-state index is 0.881. The molecule has 1 fully saturated rings. The van der Waals surface area contributed by atoms with E-state index in [1.807, 2.05) is 22.8 Å². The smallest absolute Gasteiger partial charge is 0.154 e. The first-order chi connectivity index (χ1) is 10.9. The predicted octanol–water partition coefficient (Wildman–Crippen LogP) is 2.97. The quantitative estimate of drug-likeness (QED) is 0.786. The van der Waals surface area contributed by atoms with E-state index in [1.165, 1.54) is 31.5 Å². The van der Waals surface area contributed by atoms with Crippen LogP contribution in [0.4, 0.5) is 5.82 Å². The van der Waals surface area contributed by atoms with E-state index < -0.39 is 0 Å². The second-order valence-electron chi connectivity index (χ2n) is 5.62. The number of likely N-dealkylation sites (tertiary alicyclic amines) is 1. The SMILES string of the molecule is c1cc(-c2cnc3ccc(NCCN4CCCC4)nn23)cs1. The fourth-order valence-electron chi connectivity index (χ4n) is 2.92. The lowest BCUT2D eigenvalue weighted by molar-refractivity contribution is 0.352. The standard InChI is InChI=1S/C16H19N5S/c1-2-8-20(7-1)9-6-17-15-3-4-16-18-11-14(21(16)19-15)13-5-10-22-12-13/h3-5,10-12H,1-2,6-9H2,(H,17,19). The highest BCUT2D eigenvalue weighted by molar-refractivity contribution is 7.08. The number of nitrogens with zero attached hydrogens (tertiary/aromatic N) is 4. The van der Waals surface area contributed by atoms with Gasteiger partial charge in [-0.15, -0.1) is 5.10 Å². The molecule has 0 radical (unpaired) electrons. The van der Waals surface area contributed by atoms with Crippen molar-refractivity contribution in [3.63, 3.8) is 0 Å². The van der Waals surface area contributed by atoms with E-state index in [0.717, 1.165) is 30.2 Å². The molecule has 1 aliphatic heterocycles. The van der Waals surface area contributed by atoms with E-state index in [-0.39, 0.29) is 0 Å².